The summed E-state index contributed by atoms with van der Waals surface area (Å²) in [5, 5.41) is 0. The van der Waals surface area contributed by atoms with Gasteiger partial charge in [0.2, 0.25) is 0 Å². The molecule has 0 bridgehead atoms. The second-order valence-corrected chi connectivity index (χ2v) is 5.52. The molecule has 0 heterocycles. The van der Waals surface area contributed by atoms with Gasteiger partial charge in [-0.1, -0.05) is 119 Å². The Morgan fingerprint density at radius 1 is 0.545 bits per heavy atom. The molecule has 0 spiro atoms. The second kappa shape index (κ2) is 20.2. The Bertz CT molecular complexity index is 244. The summed E-state index contributed by atoms with van der Waals surface area (Å²) in [6, 6.07) is 8.48. The first kappa shape index (κ1) is 37.5. The average molecular weight is 315 g/mol. The molecule has 1 fully saturated rings. The van der Waals surface area contributed by atoms with Crippen molar-refractivity contribution in [2.24, 2.45) is 11.8 Å². The number of hydrogen-bond acceptors (Lipinski definition) is 0. The van der Waals surface area contributed by atoms with Gasteiger partial charge in [0, 0.05) is 0 Å². The molecule has 0 atom stereocenters. The lowest BCUT2D eigenvalue weighted by Crippen LogP contribution is -2.08. The number of benzene rings is 1. The van der Waals surface area contributed by atoms with Crippen molar-refractivity contribution in [3.63, 3.8) is 0 Å². The van der Waals surface area contributed by atoms with Crippen LogP contribution in [0.15, 0.2) is 24.3 Å². The summed E-state index contributed by atoms with van der Waals surface area (Å²) in [7, 11) is 0. The number of hydrogen-bond donors (Lipinski definition) is 0. The number of aryl methyl sites for hydroxylation is 2. The molecule has 1 aromatic rings. The van der Waals surface area contributed by atoms with Crippen molar-refractivity contribution < 1.29 is 0 Å². The molecule has 0 unspecified atom stereocenters. The van der Waals surface area contributed by atoms with Crippen LogP contribution in [0.5, 0.6) is 0 Å². The van der Waals surface area contributed by atoms with Crippen molar-refractivity contribution in [3.05, 3.63) is 35.4 Å². The van der Waals surface area contributed by atoms with Crippen LogP contribution in [0.1, 0.15) is 95.2 Å². The molecule has 1 aliphatic rings. The van der Waals surface area contributed by atoms with E-state index in [4.69, 9.17) is 0 Å². The SMILES string of the molecule is C.C.C.C.C.C.CC1CCC(C)CC1.Cc1ccc(C)cc1. The molecule has 0 amide bonds. The normalized spacial score (nSPS) is 17.8. The minimum atomic E-state index is 0. The van der Waals surface area contributed by atoms with Gasteiger partial charge < -0.3 is 0 Å². The fraction of sp³-hybridized carbons (Fsp3) is 0.727. The summed E-state index contributed by atoms with van der Waals surface area (Å²) >= 11 is 0. The third kappa shape index (κ3) is 17.3. The zero-order valence-corrected chi connectivity index (χ0v) is 11.3. The fourth-order valence-electron chi connectivity index (χ4n) is 2.06. The van der Waals surface area contributed by atoms with E-state index in [2.05, 4.69) is 52.0 Å². The fourth-order valence-corrected chi connectivity index (χ4v) is 2.06. The summed E-state index contributed by atoms with van der Waals surface area (Å²) in [4.78, 5) is 0. The first-order valence-corrected chi connectivity index (χ1v) is 6.61. The molecule has 0 aliphatic heterocycles. The Balaban J connectivity index is -0.0000000457. The Morgan fingerprint density at radius 3 is 0.909 bits per heavy atom. The lowest BCUT2D eigenvalue weighted by Gasteiger charge is -2.22. The summed E-state index contributed by atoms with van der Waals surface area (Å²) in [5.41, 5.74) is 2.66. The van der Waals surface area contributed by atoms with Crippen LogP contribution in [0, 0.1) is 25.7 Å². The standard InChI is InChI=1S/C8H16.C8H10.6CH4/c2*1-7-3-5-8(2)6-4-7;;;;;;/h7-8H,3-6H2,1-2H3;3-6H,1-2H3;6*1H4. The quantitative estimate of drug-likeness (QED) is 0.448. The number of rotatable bonds is 0. The molecule has 1 saturated carbocycles. The van der Waals surface area contributed by atoms with Crippen molar-refractivity contribution in [1.82, 2.24) is 0 Å². The van der Waals surface area contributed by atoms with Crippen LogP contribution in [-0.2, 0) is 0 Å². The molecular weight excluding hydrogens is 264 g/mol. The zero-order valence-electron chi connectivity index (χ0n) is 11.3. The Morgan fingerprint density at radius 2 is 0.727 bits per heavy atom. The van der Waals surface area contributed by atoms with Crippen molar-refractivity contribution in [2.75, 3.05) is 0 Å². The molecule has 138 valence electrons. The van der Waals surface area contributed by atoms with Crippen molar-refractivity contribution >= 4 is 0 Å². The second-order valence-electron chi connectivity index (χ2n) is 5.52. The lowest BCUT2D eigenvalue weighted by atomic mass is 9.84. The van der Waals surface area contributed by atoms with Gasteiger partial charge in [0.15, 0.2) is 0 Å². The smallest absolute Gasteiger partial charge is 0.0398 e. The van der Waals surface area contributed by atoms with Crippen LogP contribution in [0.2, 0.25) is 0 Å². The molecule has 1 aliphatic carbocycles. The van der Waals surface area contributed by atoms with E-state index in [9.17, 15) is 0 Å². The first-order chi connectivity index (χ1) is 7.58. The molecule has 1 aromatic carbocycles. The zero-order chi connectivity index (χ0) is 12.0. The highest BCUT2D eigenvalue weighted by atomic mass is 14.2. The van der Waals surface area contributed by atoms with Gasteiger partial charge in [0.1, 0.15) is 0 Å². The van der Waals surface area contributed by atoms with E-state index in [0.717, 1.165) is 11.8 Å². The van der Waals surface area contributed by atoms with Crippen LogP contribution in [0.3, 0.4) is 0 Å². The summed E-state index contributed by atoms with van der Waals surface area (Å²) in [6.45, 7) is 8.93. The van der Waals surface area contributed by atoms with Crippen LogP contribution in [-0.4, -0.2) is 0 Å². The van der Waals surface area contributed by atoms with Gasteiger partial charge >= 0.3 is 0 Å². The Kier molecular flexibility index (Phi) is 34.4. The molecule has 0 heteroatoms. The molecule has 0 nitrogen and oxygen atoms in total. The highest BCUT2D eigenvalue weighted by Gasteiger charge is 2.13. The molecule has 2 rings (SSSR count). The maximum absolute atomic E-state index is 2.37. The van der Waals surface area contributed by atoms with E-state index in [1.54, 1.807) is 0 Å². The Hall–Kier alpha value is -0.780. The van der Waals surface area contributed by atoms with Crippen LogP contribution in [0.4, 0.5) is 0 Å². The van der Waals surface area contributed by atoms with E-state index in [-0.39, 0.29) is 44.6 Å². The molecule has 0 N–H and O–H groups in total. The van der Waals surface area contributed by atoms with E-state index in [1.807, 2.05) is 0 Å². The summed E-state index contributed by atoms with van der Waals surface area (Å²) < 4.78 is 0. The molecular formula is C22H50. The monoisotopic (exact) mass is 314 g/mol. The summed E-state index contributed by atoms with van der Waals surface area (Å²) in [6.07, 6.45) is 5.89. The van der Waals surface area contributed by atoms with Crippen molar-refractivity contribution in [3.8, 4) is 0 Å². The average Bonchev–Trinajstić information content (AvgIpc) is 2.28. The largest absolute Gasteiger partial charge is 0.0776 e. The van der Waals surface area contributed by atoms with Gasteiger partial charge in [0.05, 0.1) is 0 Å². The molecule has 22 heavy (non-hydrogen) atoms. The highest BCUT2D eigenvalue weighted by molar-refractivity contribution is 5.19. The minimum Gasteiger partial charge on any atom is -0.0776 e. The topological polar surface area (TPSA) is 0 Å². The molecule has 0 saturated heterocycles. The van der Waals surface area contributed by atoms with Crippen LogP contribution >= 0.6 is 0 Å². The van der Waals surface area contributed by atoms with Gasteiger partial charge in [-0.15, -0.1) is 0 Å². The lowest BCUT2D eigenvalue weighted by molar-refractivity contribution is 0.308. The predicted molar refractivity (Wildman–Crippen MR) is 113 cm³/mol. The van der Waals surface area contributed by atoms with Crippen LogP contribution < -0.4 is 0 Å². The van der Waals surface area contributed by atoms with Gasteiger partial charge in [-0.3, -0.25) is 0 Å². The van der Waals surface area contributed by atoms with E-state index in [1.165, 1.54) is 36.8 Å². The highest BCUT2D eigenvalue weighted by Crippen LogP contribution is 2.27. The van der Waals surface area contributed by atoms with Gasteiger partial charge in [0.25, 0.3) is 0 Å². The third-order valence-corrected chi connectivity index (χ3v) is 3.52. The van der Waals surface area contributed by atoms with E-state index >= 15 is 0 Å². The van der Waals surface area contributed by atoms with E-state index in [0.29, 0.717) is 0 Å². The summed E-state index contributed by atoms with van der Waals surface area (Å²) in [5.74, 6) is 2.04. The van der Waals surface area contributed by atoms with Crippen molar-refractivity contribution in [1.29, 1.82) is 0 Å². The third-order valence-electron chi connectivity index (χ3n) is 3.52. The maximum Gasteiger partial charge on any atom is -0.0398 e. The molecule has 0 aromatic heterocycles. The minimum absolute atomic E-state index is 0. The predicted octanol–water partition coefficient (Wildman–Crippen LogP) is 8.95. The van der Waals surface area contributed by atoms with E-state index < -0.39 is 0 Å². The Labute approximate surface area is 145 Å². The maximum atomic E-state index is 2.37. The van der Waals surface area contributed by atoms with Crippen molar-refractivity contribution in [2.45, 2.75) is 97.9 Å². The van der Waals surface area contributed by atoms with Crippen LogP contribution in [0.25, 0.3) is 0 Å². The van der Waals surface area contributed by atoms with Gasteiger partial charge in [-0.05, 0) is 25.7 Å². The first-order valence-electron chi connectivity index (χ1n) is 6.61. The van der Waals surface area contributed by atoms with Gasteiger partial charge in [-0.2, -0.15) is 0 Å². The molecule has 0 radical (unpaired) electrons. The van der Waals surface area contributed by atoms with Gasteiger partial charge in [-0.25, -0.2) is 0 Å².